The molecule has 90 valence electrons. The van der Waals surface area contributed by atoms with Crippen LogP contribution in [0.25, 0.3) is 0 Å². The van der Waals surface area contributed by atoms with E-state index in [-0.39, 0.29) is 18.0 Å². The largest absolute Gasteiger partial charge is 0.389 e. The number of carbonyl (C=O) groups excluding carboxylic acids is 1. The highest BCUT2D eigenvalue weighted by atomic mass is 16.3. The molecule has 4 nitrogen and oxygen atoms in total. The zero-order chi connectivity index (χ0) is 12.1. The molecule has 0 bridgehead atoms. The van der Waals surface area contributed by atoms with Crippen LogP contribution in [0.2, 0.25) is 0 Å². The van der Waals surface area contributed by atoms with Gasteiger partial charge in [0.15, 0.2) is 0 Å². The summed E-state index contributed by atoms with van der Waals surface area (Å²) in [5.41, 5.74) is -0.820. The van der Waals surface area contributed by atoms with E-state index >= 15 is 0 Å². The summed E-state index contributed by atoms with van der Waals surface area (Å²) in [6, 6.07) is -0.405. The number of carbonyl (C=O) groups is 1. The Balaban J connectivity index is 4.02. The average Bonchev–Trinajstić information content (AvgIpc) is 2.12. The smallest absolute Gasteiger partial charge is 0.236 e. The minimum atomic E-state index is -0.820. The summed E-state index contributed by atoms with van der Waals surface area (Å²) in [6.45, 7) is 9.82. The molecule has 4 heteroatoms. The highest BCUT2D eigenvalue weighted by molar-refractivity contribution is 5.81. The van der Waals surface area contributed by atoms with E-state index in [1.54, 1.807) is 20.8 Å². The van der Waals surface area contributed by atoms with E-state index in [1.165, 1.54) is 0 Å². The molecule has 0 radical (unpaired) electrons. The fraction of sp³-hybridized carbons (Fsp3) is 0.909. The van der Waals surface area contributed by atoms with Crippen molar-refractivity contribution in [1.82, 2.24) is 10.6 Å². The van der Waals surface area contributed by atoms with Crippen molar-refractivity contribution in [3.8, 4) is 0 Å². The lowest BCUT2D eigenvalue weighted by molar-refractivity contribution is -0.123. The maximum absolute atomic E-state index is 11.5. The predicted molar refractivity (Wildman–Crippen MR) is 61.7 cm³/mol. The van der Waals surface area contributed by atoms with Gasteiger partial charge in [-0.1, -0.05) is 6.92 Å². The summed E-state index contributed by atoms with van der Waals surface area (Å²) in [6.07, 6.45) is 0.930. The fourth-order valence-electron chi connectivity index (χ4n) is 1.06. The molecule has 2 unspecified atom stereocenters. The number of aliphatic hydroxyl groups is 1. The predicted octanol–water partition coefficient (Wildman–Crippen LogP) is 0.650. The van der Waals surface area contributed by atoms with Crippen LogP contribution < -0.4 is 10.6 Å². The Morgan fingerprint density at radius 3 is 2.33 bits per heavy atom. The van der Waals surface area contributed by atoms with Crippen molar-refractivity contribution in [3.63, 3.8) is 0 Å². The molecule has 0 rings (SSSR count). The molecule has 1 amide bonds. The lowest BCUT2D eigenvalue weighted by Crippen LogP contribution is -2.52. The SMILES string of the molecule is CCCNC(=O)C(C)NC(C)C(C)(C)O. The molecule has 0 saturated carbocycles. The van der Waals surface area contributed by atoms with Gasteiger partial charge in [0, 0.05) is 12.6 Å². The Morgan fingerprint density at radius 1 is 1.40 bits per heavy atom. The standard InChI is InChI=1S/C11H24N2O2/c1-6-7-12-10(14)8(2)13-9(3)11(4,5)15/h8-9,13,15H,6-7H2,1-5H3,(H,12,14). The van der Waals surface area contributed by atoms with Crippen LogP contribution in [0.15, 0.2) is 0 Å². The van der Waals surface area contributed by atoms with E-state index in [0.717, 1.165) is 6.42 Å². The van der Waals surface area contributed by atoms with Gasteiger partial charge in [-0.15, -0.1) is 0 Å². The zero-order valence-electron chi connectivity index (χ0n) is 10.4. The Kier molecular flexibility index (Phi) is 5.83. The second-order valence-electron chi connectivity index (χ2n) is 4.55. The van der Waals surface area contributed by atoms with Crippen molar-refractivity contribution in [3.05, 3.63) is 0 Å². The van der Waals surface area contributed by atoms with Crippen LogP contribution in [-0.2, 0) is 4.79 Å². The quantitative estimate of drug-likeness (QED) is 0.611. The molecular weight excluding hydrogens is 192 g/mol. The molecule has 0 aromatic carbocycles. The first-order valence-corrected chi connectivity index (χ1v) is 5.55. The van der Waals surface area contributed by atoms with E-state index in [9.17, 15) is 9.90 Å². The molecule has 0 heterocycles. The second kappa shape index (κ2) is 6.08. The van der Waals surface area contributed by atoms with Crippen molar-refractivity contribution in [1.29, 1.82) is 0 Å². The Labute approximate surface area is 92.4 Å². The van der Waals surface area contributed by atoms with Gasteiger partial charge in [0.2, 0.25) is 5.91 Å². The van der Waals surface area contributed by atoms with Gasteiger partial charge in [0.1, 0.15) is 0 Å². The van der Waals surface area contributed by atoms with Gasteiger partial charge < -0.3 is 15.7 Å². The summed E-state index contributed by atoms with van der Waals surface area (Å²) < 4.78 is 0. The number of rotatable bonds is 6. The fourth-order valence-corrected chi connectivity index (χ4v) is 1.06. The minimum Gasteiger partial charge on any atom is -0.389 e. The van der Waals surface area contributed by atoms with E-state index in [0.29, 0.717) is 6.54 Å². The number of hydrogen-bond acceptors (Lipinski definition) is 3. The normalized spacial score (nSPS) is 15.9. The highest BCUT2D eigenvalue weighted by Crippen LogP contribution is 2.08. The number of hydrogen-bond donors (Lipinski definition) is 3. The molecular formula is C11H24N2O2. The first-order valence-electron chi connectivity index (χ1n) is 5.55. The topological polar surface area (TPSA) is 61.4 Å². The maximum Gasteiger partial charge on any atom is 0.236 e. The van der Waals surface area contributed by atoms with Gasteiger partial charge in [-0.05, 0) is 34.1 Å². The van der Waals surface area contributed by atoms with Gasteiger partial charge in [-0.25, -0.2) is 0 Å². The maximum atomic E-state index is 11.5. The highest BCUT2D eigenvalue weighted by Gasteiger charge is 2.25. The van der Waals surface area contributed by atoms with Gasteiger partial charge in [0.05, 0.1) is 11.6 Å². The van der Waals surface area contributed by atoms with Crippen LogP contribution in [0, 0.1) is 0 Å². The van der Waals surface area contributed by atoms with Crippen molar-refractivity contribution in [2.75, 3.05) is 6.54 Å². The lowest BCUT2D eigenvalue weighted by atomic mass is 10.00. The molecule has 0 aromatic rings. The molecule has 0 saturated heterocycles. The molecule has 0 fully saturated rings. The molecule has 0 aliphatic carbocycles. The van der Waals surface area contributed by atoms with Crippen LogP contribution in [0.3, 0.4) is 0 Å². The van der Waals surface area contributed by atoms with Crippen molar-refractivity contribution in [2.45, 2.75) is 58.7 Å². The molecule has 2 atom stereocenters. The third-order valence-electron chi connectivity index (χ3n) is 2.50. The van der Waals surface area contributed by atoms with E-state index < -0.39 is 5.60 Å². The van der Waals surface area contributed by atoms with Crippen LogP contribution in [0.4, 0.5) is 0 Å². The third-order valence-corrected chi connectivity index (χ3v) is 2.50. The number of amides is 1. The summed E-state index contributed by atoms with van der Waals surface area (Å²) in [5, 5.41) is 15.6. The summed E-state index contributed by atoms with van der Waals surface area (Å²) >= 11 is 0. The van der Waals surface area contributed by atoms with Gasteiger partial charge in [-0.3, -0.25) is 4.79 Å². The minimum absolute atomic E-state index is 0.0204. The van der Waals surface area contributed by atoms with Gasteiger partial charge in [0.25, 0.3) is 0 Å². The molecule has 0 aliphatic rings. The van der Waals surface area contributed by atoms with Crippen LogP contribution in [-0.4, -0.2) is 35.2 Å². The van der Waals surface area contributed by atoms with Crippen molar-refractivity contribution >= 4 is 5.91 Å². The Bertz CT molecular complexity index is 199. The van der Waals surface area contributed by atoms with Crippen molar-refractivity contribution < 1.29 is 9.90 Å². The zero-order valence-corrected chi connectivity index (χ0v) is 10.4. The summed E-state index contributed by atoms with van der Waals surface area (Å²) in [5.74, 6) is -0.0204. The van der Waals surface area contributed by atoms with E-state index in [1.807, 2.05) is 13.8 Å². The molecule has 3 N–H and O–H groups in total. The Hall–Kier alpha value is -0.610. The van der Waals surface area contributed by atoms with Crippen LogP contribution >= 0.6 is 0 Å². The lowest BCUT2D eigenvalue weighted by Gasteiger charge is -2.29. The molecule has 0 aliphatic heterocycles. The molecule has 0 spiro atoms. The van der Waals surface area contributed by atoms with Crippen molar-refractivity contribution in [2.24, 2.45) is 0 Å². The molecule has 15 heavy (non-hydrogen) atoms. The molecule has 0 aromatic heterocycles. The van der Waals surface area contributed by atoms with Gasteiger partial charge >= 0.3 is 0 Å². The van der Waals surface area contributed by atoms with Gasteiger partial charge in [-0.2, -0.15) is 0 Å². The Morgan fingerprint density at radius 2 is 1.93 bits per heavy atom. The summed E-state index contributed by atoms with van der Waals surface area (Å²) in [7, 11) is 0. The average molecular weight is 216 g/mol. The van der Waals surface area contributed by atoms with E-state index in [4.69, 9.17) is 0 Å². The number of nitrogens with one attached hydrogen (secondary N) is 2. The first-order chi connectivity index (χ1) is 6.79. The van der Waals surface area contributed by atoms with Crippen LogP contribution in [0.1, 0.15) is 41.0 Å². The van der Waals surface area contributed by atoms with Crippen LogP contribution in [0.5, 0.6) is 0 Å². The third kappa shape index (κ3) is 5.74. The monoisotopic (exact) mass is 216 g/mol. The summed E-state index contributed by atoms with van der Waals surface area (Å²) in [4.78, 5) is 11.5. The van der Waals surface area contributed by atoms with E-state index in [2.05, 4.69) is 10.6 Å². The second-order valence-corrected chi connectivity index (χ2v) is 4.55. The first kappa shape index (κ1) is 14.4.